The second-order valence-electron chi connectivity index (χ2n) is 8.71. The third-order valence-corrected chi connectivity index (χ3v) is 6.45. The van der Waals surface area contributed by atoms with Gasteiger partial charge in [-0.2, -0.15) is 13.2 Å². The average Bonchev–Trinajstić information content (AvgIpc) is 2.79. The number of rotatable bonds is 6. The van der Waals surface area contributed by atoms with E-state index in [0.29, 0.717) is 23.2 Å². The molecule has 1 fully saturated rings. The minimum atomic E-state index is -4.62. The Morgan fingerprint density at radius 3 is 2.52 bits per heavy atom. The van der Waals surface area contributed by atoms with Crippen molar-refractivity contribution >= 4 is 17.3 Å². The molecule has 1 saturated carbocycles. The van der Waals surface area contributed by atoms with Crippen LogP contribution >= 0.6 is 0 Å². The summed E-state index contributed by atoms with van der Waals surface area (Å²) in [6.45, 7) is -0.357. The van der Waals surface area contributed by atoms with Crippen LogP contribution in [-0.4, -0.2) is 22.7 Å². The predicted molar refractivity (Wildman–Crippen MR) is 119 cm³/mol. The van der Waals surface area contributed by atoms with Gasteiger partial charge in [0.15, 0.2) is 11.6 Å². The molecule has 2 N–H and O–H groups in total. The van der Waals surface area contributed by atoms with Gasteiger partial charge in [-0.1, -0.05) is 49.6 Å². The second kappa shape index (κ2) is 9.51. The third kappa shape index (κ3) is 5.03. The number of hydrogen-bond acceptors (Lipinski definition) is 4. The molecule has 4 nitrogen and oxygen atoms in total. The lowest BCUT2D eigenvalue weighted by atomic mass is 9.84. The lowest BCUT2D eigenvalue weighted by Gasteiger charge is -2.25. The molecule has 0 saturated heterocycles. The van der Waals surface area contributed by atoms with Gasteiger partial charge in [0.25, 0.3) is 0 Å². The fourth-order valence-corrected chi connectivity index (χ4v) is 4.76. The van der Waals surface area contributed by atoms with Gasteiger partial charge in [0.2, 0.25) is 0 Å². The van der Waals surface area contributed by atoms with Gasteiger partial charge in [-0.15, -0.1) is 0 Å². The Balaban J connectivity index is 1.57. The number of aliphatic hydroxyl groups is 1. The number of hydrogen-bond donors (Lipinski definition) is 2. The van der Waals surface area contributed by atoms with Gasteiger partial charge in [0, 0.05) is 23.7 Å². The third-order valence-electron chi connectivity index (χ3n) is 6.45. The fourth-order valence-electron chi connectivity index (χ4n) is 4.76. The van der Waals surface area contributed by atoms with E-state index in [-0.39, 0.29) is 29.3 Å². The van der Waals surface area contributed by atoms with Crippen molar-refractivity contribution in [3.8, 4) is 0 Å². The zero-order chi connectivity index (χ0) is 23.6. The van der Waals surface area contributed by atoms with E-state index in [4.69, 9.17) is 0 Å². The Morgan fingerprint density at radius 1 is 1.06 bits per heavy atom. The van der Waals surface area contributed by atoms with Crippen LogP contribution in [0.3, 0.4) is 0 Å². The molecule has 2 aromatic rings. The Morgan fingerprint density at radius 2 is 1.82 bits per heavy atom. The van der Waals surface area contributed by atoms with Crippen molar-refractivity contribution in [2.75, 3.05) is 5.32 Å². The van der Waals surface area contributed by atoms with Crippen molar-refractivity contribution in [3.63, 3.8) is 0 Å². The number of alkyl halides is 3. The molecule has 0 unspecified atom stereocenters. The zero-order valence-electron chi connectivity index (χ0n) is 18.2. The summed E-state index contributed by atoms with van der Waals surface area (Å²) in [5.74, 6) is -1.20. The zero-order valence-corrected chi connectivity index (χ0v) is 18.2. The Kier molecular flexibility index (Phi) is 6.70. The Labute approximate surface area is 190 Å². The molecule has 4 rings (SSSR count). The van der Waals surface area contributed by atoms with E-state index in [1.54, 1.807) is 24.3 Å². The van der Waals surface area contributed by atoms with Crippen LogP contribution in [0.5, 0.6) is 0 Å². The van der Waals surface area contributed by atoms with Crippen molar-refractivity contribution in [1.29, 1.82) is 0 Å². The van der Waals surface area contributed by atoms with E-state index >= 15 is 0 Å². The number of fused-ring (bicyclic) bond motifs is 1. The van der Waals surface area contributed by atoms with E-state index in [0.717, 1.165) is 38.2 Å². The van der Waals surface area contributed by atoms with E-state index < -0.39 is 29.7 Å². The number of anilines is 1. The van der Waals surface area contributed by atoms with Gasteiger partial charge in [-0.3, -0.25) is 9.59 Å². The highest BCUT2D eigenvalue weighted by Gasteiger charge is 2.35. The minimum Gasteiger partial charge on any atom is -0.392 e. The second-order valence-corrected chi connectivity index (χ2v) is 8.71. The van der Waals surface area contributed by atoms with Gasteiger partial charge in [-0.05, 0) is 48.1 Å². The number of nitrogens with one attached hydrogen (secondary N) is 1. The molecule has 0 radical (unpaired) electrons. The first-order valence-corrected chi connectivity index (χ1v) is 11.2. The lowest BCUT2D eigenvalue weighted by Crippen LogP contribution is -2.24. The van der Waals surface area contributed by atoms with Crippen molar-refractivity contribution in [2.45, 2.75) is 63.8 Å². The van der Waals surface area contributed by atoms with Crippen LogP contribution in [0.2, 0.25) is 0 Å². The smallest absolute Gasteiger partial charge is 0.392 e. The summed E-state index contributed by atoms with van der Waals surface area (Å²) >= 11 is 0. The number of ketones is 2. The molecule has 174 valence electrons. The van der Waals surface area contributed by atoms with E-state index in [1.165, 1.54) is 12.1 Å². The number of benzene rings is 2. The van der Waals surface area contributed by atoms with E-state index in [9.17, 15) is 27.9 Å². The highest BCUT2D eigenvalue weighted by molar-refractivity contribution is 6.28. The van der Waals surface area contributed by atoms with Gasteiger partial charge >= 0.3 is 6.18 Å². The molecule has 7 heteroatoms. The molecule has 0 aromatic heterocycles. The van der Waals surface area contributed by atoms with Crippen molar-refractivity contribution in [2.24, 2.45) is 0 Å². The highest BCUT2D eigenvalue weighted by Crippen LogP contribution is 2.35. The molecular formula is C26H26F3NO3. The quantitative estimate of drug-likeness (QED) is 0.569. The molecule has 0 aliphatic heterocycles. The average molecular weight is 457 g/mol. The number of carbonyl (C=O) groups is 2. The maximum atomic E-state index is 13.8. The standard InChI is InChI=1S/C26H26F3NO3/c27-26(28,29)22-14-20(30-19-7-2-1-3-8-19)11-9-17(22)13-23(32)21-12-10-16-5-4-6-18(15-31)24(16)25(21)33/h4-6,9,11-12,14,19,30-31H,1-3,7-8,10,13,15H2. The van der Waals surface area contributed by atoms with Gasteiger partial charge < -0.3 is 10.4 Å². The molecule has 2 aliphatic carbocycles. The minimum absolute atomic E-state index is 0.124. The Bertz CT molecular complexity index is 1100. The number of allylic oxidation sites excluding steroid dienone is 2. The molecule has 0 heterocycles. The van der Waals surface area contributed by atoms with Gasteiger partial charge in [0.1, 0.15) is 0 Å². The van der Waals surface area contributed by atoms with Gasteiger partial charge in [0.05, 0.1) is 17.7 Å². The largest absolute Gasteiger partial charge is 0.416 e. The molecule has 0 bridgehead atoms. The van der Waals surface area contributed by atoms with Crippen LogP contribution in [0.15, 0.2) is 48.0 Å². The molecule has 0 spiro atoms. The molecule has 33 heavy (non-hydrogen) atoms. The molecule has 2 aromatic carbocycles. The first-order chi connectivity index (χ1) is 15.8. The summed E-state index contributed by atoms with van der Waals surface area (Å²) in [7, 11) is 0. The van der Waals surface area contributed by atoms with E-state index in [2.05, 4.69) is 5.32 Å². The summed E-state index contributed by atoms with van der Waals surface area (Å²) in [6, 6.07) is 9.17. The van der Waals surface area contributed by atoms with Crippen LogP contribution < -0.4 is 5.32 Å². The molecule has 2 aliphatic rings. The number of aliphatic hydroxyl groups excluding tert-OH is 1. The lowest BCUT2D eigenvalue weighted by molar-refractivity contribution is -0.138. The van der Waals surface area contributed by atoms with Crippen molar-refractivity contribution in [1.82, 2.24) is 0 Å². The highest BCUT2D eigenvalue weighted by atomic mass is 19.4. The molecule has 0 atom stereocenters. The summed E-state index contributed by atoms with van der Waals surface area (Å²) in [6.07, 6.45) is 1.75. The fraction of sp³-hybridized carbons (Fsp3) is 0.385. The summed E-state index contributed by atoms with van der Waals surface area (Å²) in [5, 5.41) is 12.7. The van der Waals surface area contributed by atoms with Gasteiger partial charge in [-0.25, -0.2) is 0 Å². The number of halogens is 3. The number of Topliss-reactive ketones (excluding diaryl/α,β-unsaturated/α-hetero) is 2. The molecule has 0 amide bonds. The molecular weight excluding hydrogens is 431 g/mol. The summed E-state index contributed by atoms with van der Waals surface area (Å²) in [4.78, 5) is 25.9. The van der Waals surface area contributed by atoms with Crippen LogP contribution in [0, 0.1) is 0 Å². The first kappa shape index (κ1) is 23.2. The normalized spacial score (nSPS) is 16.8. The van der Waals surface area contributed by atoms with Crippen LogP contribution in [0.4, 0.5) is 18.9 Å². The maximum absolute atomic E-state index is 13.8. The van der Waals surface area contributed by atoms with Crippen molar-refractivity contribution < 1.29 is 27.9 Å². The SMILES string of the molecule is O=C(Cc1ccc(NC2CCCCC2)cc1C(F)(F)F)C1=CCc2cccc(CO)c2C1=O. The monoisotopic (exact) mass is 457 g/mol. The first-order valence-electron chi connectivity index (χ1n) is 11.2. The van der Waals surface area contributed by atoms with E-state index in [1.807, 2.05) is 0 Å². The van der Waals surface area contributed by atoms with Crippen LogP contribution in [-0.2, 0) is 30.4 Å². The van der Waals surface area contributed by atoms with Crippen LogP contribution in [0.25, 0.3) is 0 Å². The number of carbonyl (C=O) groups excluding carboxylic acids is 2. The van der Waals surface area contributed by atoms with Crippen LogP contribution in [0.1, 0.15) is 64.7 Å². The summed E-state index contributed by atoms with van der Waals surface area (Å²) < 4.78 is 41.5. The Hall–Kier alpha value is -2.93. The summed E-state index contributed by atoms with van der Waals surface area (Å²) in [5.41, 5.74) is 0.616. The predicted octanol–water partition coefficient (Wildman–Crippen LogP) is 5.42. The van der Waals surface area contributed by atoms with Crippen molar-refractivity contribution in [3.05, 3.63) is 75.9 Å². The topological polar surface area (TPSA) is 66.4 Å². The maximum Gasteiger partial charge on any atom is 0.416 e.